The van der Waals surface area contributed by atoms with Gasteiger partial charge in [-0.3, -0.25) is 0 Å². The van der Waals surface area contributed by atoms with E-state index in [9.17, 15) is 10.5 Å². The molecule has 0 bridgehead atoms. The summed E-state index contributed by atoms with van der Waals surface area (Å²) in [5.74, 6) is -0.712. The maximum absolute atomic E-state index is 10.2. The zero-order valence-corrected chi connectivity index (χ0v) is 14.1. The number of fused-ring (bicyclic) bond motifs is 2. The van der Waals surface area contributed by atoms with Gasteiger partial charge >= 0.3 is 0 Å². The van der Waals surface area contributed by atoms with Crippen molar-refractivity contribution < 1.29 is 14.2 Å². The molecule has 1 aliphatic carbocycles. The molecular weight excluding hydrogens is 320 g/mol. The van der Waals surface area contributed by atoms with E-state index >= 15 is 0 Å². The van der Waals surface area contributed by atoms with Crippen molar-refractivity contribution in [1.29, 1.82) is 10.5 Å². The lowest BCUT2D eigenvalue weighted by Gasteiger charge is -2.31. The standard InChI is InChI=1S/C18H18N4O3/c1-3-15(12-4-6-13(23-2)7-5-12)16(10-19)14(21)22-18(17(15,16)11-20)24-8-9-25-18/h4-7H,3,8-9H2,1-2H3,(H2,21,22)/t15-,16+,17-/m1/s1. The number of ether oxygens (including phenoxy) is 3. The van der Waals surface area contributed by atoms with Gasteiger partial charge in [0.05, 0.1) is 37.9 Å². The number of nitrogens with zero attached hydrogens (tertiary/aromatic N) is 3. The first-order chi connectivity index (χ1) is 12.1. The molecule has 1 saturated heterocycles. The molecule has 0 aromatic heterocycles. The predicted octanol–water partition coefficient (Wildman–Crippen LogP) is 1.45. The fraction of sp³-hybridized carbons (Fsp3) is 0.500. The van der Waals surface area contributed by atoms with Gasteiger partial charge in [0.15, 0.2) is 10.8 Å². The van der Waals surface area contributed by atoms with Crippen molar-refractivity contribution in [3.05, 3.63) is 29.8 Å². The second kappa shape index (κ2) is 4.72. The van der Waals surface area contributed by atoms with Crippen LogP contribution in [0.15, 0.2) is 29.3 Å². The van der Waals surface area contributed by atoms with Gasteiger partial charge < -0.3 is 19.9 Å². The first kappa shape index (κ1) is 15.9. The summed E-state index contributed by atoms with van der Waals surface area (Å²) in [6, 6.07) is 12.0. The molecule has 0 amide bonds. The Morgan fingerprint density at radius 1 is 1.20 bits per heavy atom. The molecule has 4 rings (SSSR count). The molecule has 0 radical (unpaired) electrons. The lowest BCUT2D eigenvalue weighted by molar-refractivity contribution is -0.188. The normalized spacial score (nSPS) is 37.0. The fourth-order valence-corrected chi connectivity index (χ4v) is 5.08. The Kier molecular flexibility index (Phi) is 3.00. The number of hydrogen-bond donors (Lipinski definition) is 1. The first-order valence-corrected chi connectivity index (χ1v) is 8.16. The minimum Gasteiger partial charge on any atom is -0.497 e. The van der Waals surface area contributed by atoms with Crippen LogP contribution in [0.5, 0.6) is 5.75 Å². The smallest absolute Gasteiger partial charge is 0.293 e. The Balaban J connectivity index is 1.99. The van der Waals surface area contributed by atoms with Crippen LogP contribution in [-0.4, -0.2) is 32.1 Å². The van der Waals surface area contributed by atoms with E-state index in [0.29, 0.717) is 25.4 Å². The second-order valence-electron chi connectivity index (χ2n) is 6.49. The van der Waals surface area contributed by atoms with Gasteiger partial charge in [0.2, 0.25) is 0 Å². The largest absolute Gasteiger partial charge is 0.497 e. The van der Waals surface area contributed by atoms with E-state index in [1.807, 2.05) is 31.2 Å². The van der Waals surface area contributed by atoms with Gasteiger partial charge in [0, 0.05) is 0 Å². The van der Waals surface area contributed by atoms with Gasteiger partial charge in [-0.1, -0.05) is 19.1 Å². The van der Waals surface area contributed by atoms with Crippen LogP contribution >= 0.6 is 0 Å². The van der Waals surface area contributed by atoms with E-state index in [1.54, 1.807) is 7.11 Å². The van der Waals surface area contributed by atoms with Gasteiger partial charge in [-0.05, 0) is 24.1 Å². The summed E-state index contributed by atoms with van der Waals surface area (Å²) < 4.78 is 16.8. The average Bonchev–Trinajstić information content (AvgIpc) is 2.85. The summed E-state index contributed by atoms with van der Waals surface area (Å²) in [6.45, 7) is 2.56. The summed E-state index contributed by atoms with van der Waals surface area (Å²) in [5.41, 5.74) is 3.60. The van der Waals surface area contributed by atoms with Gasteiger partial charge in [0.1, 0.15) is 11.6 Å². The van der Waals surface area contributed by atoms with Crippen LogP contribution in [0.1, 0.15) is 18.9 Å². The third-order valence-corrected chi connectivity index (χ3v) is 6.03. The molecule has 7 nitrogen and oxygen atoms in total. The Hall–Kier alpha value is -2.61. The Morgan fingerprint density at radius 2 is 1.84 bits per heavy atom. The molecular formula is C18H18N4O3. The maximum atomic E-state index is 10.2. The molecule has 1 aromatic carbocycles. The monoisotopic (exact) mass is 338 g/mol. The topological polar surface area (TPSA) is 114 Å². The fourth-order valence-electron chi connectivity index (χ4n) is 5.08. The van der Waals surface area contributed by atoms with E-state index in [-0.39, 0.29) is 5.84 Å². The van der Waals surface area contributed by atoms with Crippen molar-refractivity contribution in [1.82, 2.24) is 0 Å². The molecule has 7 heteroatoms. The van der Waals surface area contributed by atoms with Gasteiger partial charge in [-0.15, -0.1) is 0 Å². The highest BCUT2D eigenvalue weighted by atomic mass is 16.8. The summed E-state index contributed by atoms with van der Waals surface area (Å²) >= 11 is 0. The number of nitriles is 2. The van der Waals surface area contributed by atoms with Crippen molar-refractivity contribution in [2.45, 2.75) is 24.7 Å². The van der Waals surface area contributed by atoms with E-state index < -0.39 is 22.2 Å². The van der Waals surface area contributed by atoms with Crippen molar-refractivity contribution in [2.24, 2.45) is 21.6 Å². The molecule has 1 spiro atoms. The lowest BCUT2D eigenvalue weighted by atomic mass is 9.80. The summed E-state index contributed by atoms with van der Waals surface area (Å²) in [6.07, 6.45) is 0.519. The number of methoxy groups -OCH3 is 1. The molecule has 2 fully saturated rings. The van der Waals surface area contributed by atoms with E-state index in [4.69, 9.17) is 19.9 Å². The molecule has 128 valence electrons. The van der Waals surface area contributed by atoms with Crippen LogP contribution in [0.25, 0.3) is 0 Å². The zero-order valence-electron chi connectivity index (χ0n) is 14.1. The number of nitrogens with two attached hydrogens (primary N) is 1. The van der Waals surface area contributed by atoms with Crippen LogP contribution in [-0.2, 0) is 14.9 Å². The number of amidine groups is 1. The molecule has 0 unspecified atom stereocenters. The highest BCUT2D eigenvalue weighted by Gasteiger charge is 3.01. The second-order valence-corrected chi connectivity index (χ2v) is 6.49. The molecule has 1 saturated carbocycles. The first-order valence-electron chi connectivity index (χ1n) is 8.16. The Labute approximate surface area is 145 Å². The number of hydrogen-bond acceptors (Lipinski definition) is 7. The van der Waals surface area contributed by atoms with Gasteiger partial charge in [-0.25, -0.2) is 4.99 Å². The quantitative estimate of drug-likeness (QED) is 0.892. The van der Waals surface area contributed by atoms with Crippen molar-refractivity contribution in [3.63, 3.8) is 0 Å². The predicted molar refractivity (Wildman–Crippen MR) is 87.3 cm³/mol. The van der Waals surface area contributed by atoms with Crippen molar-refractivity contribution >= 4 is 5.84 Å². The lowest BCUT2D eigenvalue weighted by Crippen LogP contribution is -2.42. The van der Waals surface area contributed by atoms with E-state index in [1.165, 1.54) is 0 Å². The number of aliphatic imine (C=N–C) groups is 1. The van der Waals surface area contributed by atoms with E-state index in [2.05, 4.69) is 17.1 Å². The number of benzene rings is 1. The minimum atomic E-state index is -1.52. The van der Waals surface area contributed by atoms with Gasteiger partial charge in [0.25, 0.3) is 5.91 Å². The third-order valence-electron chi connectivity index (χ3n) is 6.03. The molecule has 3 atom stereocenters. The van der Waals surface area contributed by atoms with Crippen molar-refractivity contribution in [2.75, 3.05) is 20.3 Å². The third kappa shape index (κ3) is 1.31. The summed E-state index contributed by atoms with van der Waals surface area (Å²) in [5, 5.41) is 20.3. The molecule has 3 aliphatic rings. The molecule has 2 heterocycles. The SMILES string of the molecule is CC[C@@]1(c2ccc(OC)cc2)[C@]2(C#N)C(N)=NC3(OCCO3)[C@@]21C#N. The number of rotatable bonds is 3. The average molecular weight is 338 g/mol. The van der Waals surface area contributed by atoms with Crippen LogP contribution in [0.2, 0.25) is 0 Å². The van der Waals surface area contributed by atoms with E-state index in [0.717, 1.165) is 5.56 Å². The van der Waals surface area contributed by atoms with Crippen LogP contribution in [0.3, 0.4) is 0 Å². The summed E-state index contributed by atoms with van der Waals surface area (Å²) in [4.78, 5) is 4.32. The van der Waals surface area contributed by atoms with Crippen LogP contribution < -0.4 is 10.5 Å². The molecule has 2 N–H and O–H groups in total. The Bertz CT molecular complexity index is 847. The molecule has 1 aromatic rings. The maximum Gasteiger partial charge on any atom is 0.293 e. The van der Waals surface area contributed by atoms with Crippen molar-refractivity contribution in [3.8, 4) is 17.9 Å². The van der Waals surface area contributed by atoms with Crippen LogP contribution in [0, 0.1) is 33.5 Å². The Morgan fingerprint density at radius 3 is 2.32 bits per heavy atom. The van der Waals surface area contributed by atoms with Crippen LogP contribution in [0.4, 0.5) is 0 Å². The van der Waals surface area contributed by atoms with Gasteiger partial charge in [-0.2, -0.15) is 10.5 Å². The minimum absolute atomic E-state index is 0.108. The molecule has 25 heavy (non-hydrogen) atoms. The highest BCUT2D eigenvalue weighted by Crippen LogP contribution is 2.86. The summed E-state index contributed by atoms with van der Waals surface area (Å²) in [7, 11) is 1.59. The zero-order chi connectivity index (χ0) is 17.9. The molecule has 2 aliphatic heterocycles. The highest BCUT2D eigenvalue weighted by molar-refractivity contribution is 6.02.